The van der Waals surface area contributed by atoms with Gasteiger partial charge in [0.25, 0.3) is 5.91 Å². The maximum absolute atomic E-state index is 14.0. The molecule has 1 saturated heterocycles. The van der Waals surface area contributed by atoms with E-state index < -0.39 is 33.2 Å². The number of carbonyl (C=O) groups excluding carboxylic acids is 1. The van der Waals surface area contributed by atoms with E-state index >= 15 is 0 Å². The van der Waals surface area contributed by atoms with Gasteiger partial charge in [0.1, 0.15) is 11.6 Å². The van der Waals surface area contributed by atoms with Crippen LogP contribution < -0.4 is 10.1 Å². The van der Waals surface area contributed by atoms with E-state index in [2.05, 4.69) is 5.32 Å². The number of halogens is 3. The molecule has 3 rings (SSSR count). The molecule has 1 aromatic rings. The quantitative estimate of drug-likeness (QED) is 0.635. The van der Waals surface area contributed by atoms with E-state index in [1.807, 2.05) is 4.90 Å². The number of hydrogen-bond acceptors (Lipinski definition) is 5. The van der Waals surface area contributed by atoms with Crippen molar-refractivity contribution in [1.29, 1.82) is 0 Å². The Bertz CT molecular complexity index is 969. The lowest BCUT2D eigenvalue weighted by Crippen LogP contribution is -2.63. The van der Waals surface area contributed by atoms with Gasteiger partial charge in [0.15, 0.2) is 0 Å². The van der Waals surface area contributed by atoms with Crippen LogP contribution in [-0.4, -0.2) is 80.6 Å². The molecule has 0 atom stereocenters. The van der Waals surface area contributed by atoms with Crippen LogP contribution in [-0.2, 0) is 10.0 Å². The Morgan fingerprint density at radius 3 is 2.27 bits per heavy atom. The van der Waals surface area contributed by atoms with Gasteiger partial charge in [-0.05, 0) is 38.3 Å². The van der Waals surface area contributed by atoms with Gasteiger partial charge >= 0.3 is 0 Å². The fourth-order valence-corrected chi connectivity index (χ4v) is 5.89. The summed E-state index contributed by atoms with van der Waals surface area (Å²) in [5.41, 5.74) is -0.0957. The van der Waals surface area contributed by atoms with Gasteiger partial charge in [-0.2, -0.15) is 4.31 Å². The number of piperazine rings is 1. The molecule has 1 amide bonds. The van der Waals surface area contributed by atoms with Crippen molar-refractivity contribution in [2.24, 2.45) is 0 Å². The first-order valence-corrected chi connectivity index (χ1v) is 12.8. The average molecular weight is 492 g/mol. The number of hydrogen-bond donors (Lipinski definition) is 1. The summed E-state index contributed by atoms with van der Waals surface area (Å²) < 4.78 is 72.7. The zero-order valence-corrected chi connectivity index (χ0v) is 20.1. The maximum Gasteiger partial charge on any atom is 0.255 e. The molecule has 0 aromatic heterocycles. The highest BCUT2D eigenvalue weighted by Crippen LogP contribution is 2.42. The van der Waals surface area contributed by atoms with Gasteiger partial charge in [-0.1, -0.05) is 0 Å². The Morgan fingerprint density at radius 1 is 1.12 bits per heavy atom. The van der Waals surface area contributed by atoms with Crippen molar-refractivity contribution < 1.29 is 31.1 Å². The Morgan fingerprint density at radius 2 is 1.73 bits per heavy atom. The average Bonchev–Trinajstić information content (AvgIpc) is 2.78. The molecule has 11 heteroatoms. The molecule has 2 fully saturated rings. The van der Waals surface area contributed by atoms with Gasteiger partial charge in [0, 0.05) is 57.2 Å². The third-order valence-corrected chi connectivity index (χ3v) is 8.75. The lowest BCUT2D eigenvalue weighted by atomic mass is 9.78. The number of ether oxygens (including phenoxy) is 1. The van der Waals surface area contributed by atoms with Crippen molar-refractivity contribution in [3.63, 3.8) is 0 Å². The van der Waals surface area contributed by atoms with E-state index in [1.54, 1.807) is 13.8 Å². The summed E-state index contributed by atoms with van der Waals surface area (Å²) in [6.07, 6.45) is -0.231. The van der Waals surface area contributed by atoms with Gasteiger partial charge in [0.05, 0.1) is 18.4 Å². The number of aryl methyl sites for hydroxylation is 1. The van der Waals surface area contributed by atoms with Crippen LogP contribution in [0.2, 0.25) is 0 Å². The second-order valence-electron chi connectivity index (χ2n) is 8.85. The number of benzene rings is 1. The van der Waals surface area contributed by atoms with Gasteiger partial charge in [-0.3, -0.25) is 9.69 Å². The summed E-state index contributed by atoms with van der Waals surface area (Å²) in [5.74, 6) is -3.62. The molecule has 0 spiro atoms. The number of methoxy groups -OCH3 is 1. The number of alkyl halides is 2. The highest BCUT2D eigenvalue weighted by molar-refractivity contribution is 7.89. The summed E-state index contributed by atoms with van der Waals surface area (Å²) >= 11 is 0. The predicted molar refractivity (Wildman–Crippen MR) is 119 cm³/mol. The number of amides is 1. The highest BCUT2D eigenvalue weighted by Gasteiger charge is 2.47. The largest absolute Gasteiger partial charge is 0.496 e. The summed E-state index contributed by atoms with van der Waals surface area (Å²) in [5, 5.41) is 2.86. The number of carbonyl (C=O) groups is 1. The minimum absolute atomic E-state index is 0.0132. The first kappa shape index (κ1) is 25.8. The Hall–Kier alpha value is -1.85. The van der Waals surface area contributed by atoms with Gasteiger partial charge in [0.2, 0.25) is 15.9 Å². The minimum atomic E-state index is -3.32. The van der Waals surface area contributed by atoms with E-state index in [0.29, 0.717) is 18.7 Å². The van der Waals surface area contributed by atoms with Crippen LogP contribution in [0.25, 0.3) is 0 Å². The Kier molecular flexibility index (Phi) is 7.65. The van der Waals surface area contributed by atoms with Crippen molar-refractivity contribution in [2.75, 3.05) is 45.6 Å². The number of nitrogens with zero attached hydrogens (tertiary/aromatic N) is 2. The summed E-state index contributed by atoms with van der Waals surface area (Å²) in [6.45, 7) is 4.69. The van der Waals surface area contributed by atoms with Gasteiger partial charge in [-0.25, -0.2) is 21.6 Å². The molecule has 1 aliphatic carbocycles. The van der Waals surface area contributed by atoms with Crippen molar-refractivity contribution in [3.05, 3.63) is 29.1 Å². The Balaban J connectivity index is 1.78. The van der Waals surface area contributed by atoms with Crippen LogP contribution in [0.3, 0.4) is 0 Å². The Labute approximate surface area is 193 Å². The van der Waals surface area contributed by atoms with E-state index in [1.165, 1.54) is 17.5 Å². The molecule has 0 radical (unpaired) electrons. The van der Waals surface area contributed by atoms with Crippen LogP contribution in [0.15, 0.2) is 12.1 Å². The zero-order valence-electron chi connectivity index (χ0n) is 19.3. The maximum atomic E-state index is 14.0. The molecule has 0 bridgehead atoms. The smallest absolute Gasteiger partial charge is 0.255 e. The number of sulfonamides is 1. The highest BCUT2D eigenvalue weighted by atomic mass is 32.2. The van der Waals surface area contributed by atoms with Crippen LogP contribution in [0, 0.1) is 12.7 Å². The van der Waals surface area contributed by atoms with E-state index in [-0.39, 0.29) is 62.4 Å². The zero-order chi connectivity index (χ0) is 24.4. The van der Waals surface area contributed by atoms with Gasteiger partial charge in [-0.15, -0.1) is 0 Å². The number of rotatable bonds is 7. The summed E-state index contributed by atoms with van der Waals surface area (Å²) in [7, 11) is -1.97. The molecule has 7 nitrogen and oxygen atoms in total. The van der Waals surface area contributed by atoms with Crippen molar-refractivity contribution in [1.82, 2.24) is 14.5 Å². The fourth-order valence-electron chi connectivity index (χ4n) is 4.81. The SMILES string of the molecule is CCS(=O)(=O)N1CCN(C2(CNC(=O)c3c(C)cc(F)cc3OC)CCC(F)(F)CC2)CC1. The number of nitrogens with one attached hydrogen (secondary N) is 1. The van der Waals surface area contributed by atoms with Crippen LogP contribution in [0.4, 0.5) is 13.2 Å². The van der Waals surface area contributed by atoms with Crippen molar-refractivity contribution >= 4 is 15.9 Å². The molecule has 33 heavy (non-hydrogen) atoms. The van der Waals surface area contributed by atoms with E-state index in [4.69, 9.17) is 4.74 Å². The molecule has 1 saturated carbocycles. The lowest BCUT2D eigenvalue weighted by molar-refractivity contribution is -0.0856. The van der Waals surface area contributed by atoms with Crippen LogP contribution >= 0.6 is 0 Å². The first-order valence-electron chi connectivity index (χ1n) is 11.2. The molecule has 0 unspecified atom stereocenters. The molecule has 2 aliphatic rings. The molecular weight excluding hydrogens is 459 g/mol. The molecule has 1 aromatic carbocycles. The molecular formula is C22H32F3N3O4S. The topological polar surface area (TPSA) is 79.0 Å². The van der Waals surface area contributed by atoms with Crippen molar-refractivity contribution in [3.8, 4) is 5.75 Å². The summed E-state index contributed by atoms with van der Waals surface area (Å²) in [4.78, 5) is 15.0. The first-order chi connectivity index (χ1) is 15.4. The third-order valence-electron chi connectivity index (χ3n) is 6.87. The van der Waals surface area contributed by atoms with Gasteiger partial charge < -0.3 is 10.1 Å². The normalized spacial score (nSPS) is 21.5. The standard InChI is InChI=1S/C22H32F3N3O4S/c1-4-33(30,31)28-11-9-27(10-12-28)21(5-7-22(24,25)8-6-21)15-26-20(29)19-16(2)13-17(23)14-18(19)32-3/h13-14H,4-12,15H2,1-3H3,(H,26,29). The lowest BCUT2D eigenvalue weighted by Gasteiger charge is -2.50. The molecule has 186 valence electrons. The fraction of sp³-hybridized carbons (Fsp3) is 0.682. The summed E-state index contributed by atoms with van der Waals surface area (Å²) in [6, 6.07) is 2.37. The second-order valence-corrected chi connectivity index (χ2v) is 11.1. The second kappa shape index (κ2) is 9.79. The van der Waals surface area contributed by atoms with E-state index in [9.17, 15) is 26.4 Å². The third kappa shape index (κ3) is 5.63. The van der Waals surface area contributed by atoms with E-state index in [0.717, 1.165) is 6.07 Å². The molecule has 1 aliphatic heterocycles. The van der Waals surface area contributed by atoms with Crippen molar-refractivity contribution in [2.45, 2.75) is 51.0 Å². The van der Waals surface area contributed by atoms with Crippen LogP contribution in [0.1, 0.15) is 48.5 Å². The van der Waals surface area contributed by atoms with Crippen LogP contribution in [0.5, 0.6) is 5.75 Å². The molecule has 1 N–H and O–H groups in total. The molecule has 1 heterocycles. The predicted octanol–water partition coefficient (Wildman–Crippen LogP) is 2.79. The minimum Gasteiger partial charge on any atom is -0.496 e. The monoisotopic (exact) mass is 491 g/mol.